The minimum Gasteiger partial charge on any atom is -0.478 e. The monoisotopic (exact) mass is 445 g/mol. The van der Waals surface area contributed by atoms with Crippen molar-refractivity contribution in [3.8, 4) is 0 Å². The zero-order valence-electron chi connectivity index (χ0n) is 8.92. The number of halogens is 5. The highest BCUT2D eigenvalue weighted by molar-refractivity contribution is 14.1. The van der Waals surface area contributed by atoms with E-state index in [1.807, 2.05) is 22.6 Å². The van der Waals surface area contributed by atoms with E-state index in [-0.39, 0.29) is 9.99 Å². The summed E-state index contributed by atoms with van der Waals surface area (Å²) in [4.78, 5) is 14.5. The molecule has 0 spiro atoms. The van der Waals surface area contributed by atoms with Gasteiger partial charge in [0.15, 0.2) is 5.69 Å². The minimum atomic E-state index is -4.83. The normalized spacial score (nSPS) is 11.8. The van der Waals surface area contributed by atoms with Gasteiger partial charge in [-0.05, 0) is 44.6 Å². The molecule has 0 unspecified atom stereocenters. The molecule has 1 heterocycles. The molecule has 8 heteroatoms. The van der Waals surface area contributed by atoms with E-state index in [1.165, 1.54) is 6.07 Å². The van der Waals surface area contributed by atoms with Crippen LogP contribution in [0.5, 0.6) is 0 Å². The Bertz CT molecular complexity index is 688. The number of aromatic carboxylic acids is 1. The molecule has 0 bridgehead atoms. The fourth-order valence-corrected chi connectivity index (χ4v) is 2.91. The molecule has 19 heavy (non-hydrogen) atoms. The van der Waals surface area contributed by atoms with Gasteiger partial charge < -0.3 is 5.11 Å². The summed E-state index contributed by atoms with van der Waals surface area (Å²) in [6.07, 6.45) is -4.83. The van der Waals surface area contributed by atoms with Gasteiger partial charge in [0.05, 0.1) is 5.52 Å². The molecule has 0 saturated heterocycles. The van der Waals surface area contributed by atoms with E-state index < -0.39 is 23.4 Å². The first-order valence-corrected chi connectivity index (χ1v) is 6.69. The van der Waals surface area contributed by atoms with Crippen LogP contribution in [0, 0.1) is 3.57 Å². The second kappa shape index (κ2) is 4.89. The van der Waals surface area contributed by atoms with Crippen molar-refractivity contribution in [2.75, 3.05) is 0 Å². The lowest BCUT2D eigenvalue weighted by atomic mass is 10.1. The van der Waals surface area contributed by atoms with Gasteiger partial charge in [-0.15, -0.1) is 0 Å². The van der Waals surface area contributed by atoms with Crippen LogP contribution < -0.4 is 0 Å². The van der Waals surface area contributed by atoms with Crippen LogP contribution in [-0.2, 0) is 6.18 Å². The van der Waals surface area contributed by atoms with Gasteiger partial charge in [0, 0.05) is 13.4 Å². The molecule has 100 valence electrons. The predicted molar refractivity (Wildman–Crippen MR) is 74.1 cm³/mol. The van der Waals surface area contributed by atoms with E-state index in [0.29, 0.717) is 8.96 Å². The Balaban J connectivity index is 2.99. The maximum atomic E-state index is 12.9. The maximum absolute atomic E-state index is 12.9. The van der Waals surface area contributed by atoms with Crippen molar-refractivity contribution >= 4 is 55.4 Å². The molecule has 2 aromatic rings. The molecule has 0 aliphatic carbocycles. The Labute approximate surface area is 127 Å². The average molecular weight is 446 g/mol. The fraction of sp³-hybridized carbons (Fsp3) is 0.0909. The molecular formula is C11H4BrF3INO2. The van der Waals surface area contributed by atoms with Crippen molar-refractivity contribution in [2.45, 2.75) is 6.18 Å². The summed E-state index contributed by atoms with van der Waals surface area (Å²) in [5.74, 6) is -1.67. The van der Waals surface area contributed by atoms with Gasteiger partial charge in [-0.3, -0.25) is 0 Å². The Morgan fingerprint density at radius 1 is 1.37 bits per heavy atom. The van der Waals surface area contributed by atoms with Gasteiger partial charge >= 0.3 is 12.1 Å². The number of pyridine rings is 1. The summed E-state index contributed by atoms with van der Waals surface area (Å²) in [7, 11) is 0. The number of fused-ring (bicyclic) bond motifs is 1. The first kappa shape index (κ1) is 14.5. The van der Waals surface area contributed by atoms with Crippen LogP contribution in [-0.4, -0.2) is 16.1 Å². The number of para-hydroxylation sites is 1. The van der Waals surface area contributed by atoms with Crippen LogP contribution >= 0.6 is 38.5 Å². The van der Waals surface area contributed by atoms with E-state index in [0.717, 1.165) is 0 Å². The topological polar surface area (TPSA) is 50.2 Å². The first-order chi connectivity index (χ1) is 8.73. The Kier molecular flexibility index (Phi) is 3.74. The number of alkyl halides is 3. The standard InChI is InChI=1S/C11H4BrF3INO2/c12-7-4-2-1-3-5(16)8(4)17-9(11(13,14)15)6(7)10(18)19/h1-3H,(H,18,19). The number of carboxylic acid groups (broad SMARTS) is 1. The van der Waals surface area contributed by atoms with Crippen LogP contribution in [0.3, 0.4) is 0 Å². The number of aromatic nitrogens is 1. The lowest BCUT2D eigenvalue weighted by Gasteiger charge is -2.13. The van der Waals surface area contributed by atoms with E-state index in [1.54, 1.807) is 12.1 Å². The molecule has 0 amide bonds. The second-order valence-electron chi connectivity index (χ2n) is 3.59. The molecule has 0 fully saturated rings. The molecule has 1 aromatic heterocycles. The molecule has 1 aromatic carbocycles. The zero-order chi connectivity index (χ0) is 14.4. The van der Waals surface area contributed by atoms with Crippen LogP contribution in [0.15, 0.2) is 22.7 Å². The van der Waals surface area contributed by atoms with Gasteiger partial charge in [0.2, 0.25) is 0 Å². The smallest absolute Gasteiger partial charge is 0.434 e. The summed E-state index contributed by atoms with van der Waals surface area (Å²) in [5, 5.41) is 9.30. The van der Waals surface area contributed by atoms with Crippen molar-refractivity contribution < 1.29 is 23.1 Å². The molecule has 0 saturated carbocycles. The maximum Gasteiger partial charge on any atom is 0.434 e. The van der Waals surface area contributed by atoms with Gasteiger partial charge in [-0.25, -0.2) is 9.78 Å². The number of carbonyl (C=O) groups is 1. The van der Waals surface area contributed by atoms with E-state index >= 15 is 0 Å². The van der Waals surface area contributed by atoms with Crippen LogP contribution in [0.1, 0.15) is 16.1 Å². The largest absolute Gasteiger partial charge is 0.478 e. The van der Waals surface area contributed by atoms with Crippen LogP contribution in [0.25, 0.3) is 10.9 Å². The molecule has 3 nitrogen and oxygen atoms in total. The van der Waals surface area contributed by atoms with Crippen molar-refractivity contribution in [1.29, 1.82) is 0 Å². The molecule has 2 rings (SSSR count). The zero-order valence-corrected chi connectivity index (χ0v) is 12.7. The third kappa shape index (κ3) is 2.55. The Morgan fingerprint density at radius 2 is 2.00 bits per heavy atom. The summed E-state index contributed by atoms with van der Waals surface area (Å²) in [6.45, 7) is 0. The summed E-state index contributed by atoms with van der Waals surface area (Å²) in [6, 6.07) is 4.74. The first-order valence-electron chi connectivity index (χ1n) is 4.81. The molecule has 0 aliphatic heterocycles. The molecule has 0 atom stereocenters. The summed E-state index contributed by atoms with van der Waals surface area (Å²) >= 11 is 4.79. The van der Waals surface area contributed by atoms with Crippen LogP contribution in [0.4, 0.5) is 13.2 Å². The number of nitrogens with zero attached hydrogens (tertiary/aromatic N) is 1. The Morgan fingerprint density at radius 3 is 2.53 bits per heavy atom. The quantitative estimate of drug-likeness (QED) is 0.665. The van der Waals surface area contributed by atoms with Gasteiger partial charge in [0.25, 0.3) is 0 Å². The number of hydrogen-bond acceptors (Lipinski definition) is 2. The third-order valence-electron chi connectivity index (χ3n) is 2.39. The third-order valence-corrected chi connectivity index (χ3v) is 4.08. The van der Waals surface area contributed by atoms with Crippen molar-refractivity contribution in [2.24, 2.45) is 0 Å². The van der Waals surface area contributed by atoms with Gasteiger partial charge in [0.1, 0.15) is 5.56 Å². The highest BCUT2D eigenvalue weighted by Gasteiger charge is 2.39. The van der Waals surface area contributed by atoms with Gasteiger partial charge in [-0.2, -0.15) is 13.2 Å². The van der Waals surface area contributed by atoms with Crippen molar-refractivity contribution in [3.05, 3.63) is 37.5 Å². The SMILES string of the molecule is O=C(O)c1c(C(F)(F)F)nc2c(I)cccc2c1Br. The average Bonchev–Trinajstić information content (AvgIpc) is 2.28. The number of hydrogen-bond donors (Lipinski definition) is 1. The van der Waals surface area contributed by atoms with E-state index in [2.05, 4.69) is 20.9 Å². The van der Waals surface area contributed by atoms with Crippen molar-refractivity contribution in [1.82, 2.24) is 4.98 Å². The molecule has 0 radical (unpaired) electrons. The van der Waals surface area contributed by atoms with Crippen LogP contribution in [0.2, 0.25) is 0 Å². The lowest BCUT2D eigenvalue weighted by molar-refractivity contribution is -0.141. The predicted octanol–water partition coefficient (Wildman–Crippen LogP) is 4.32. The molecule has 0 aliphatic rings. The minimum absolute atomic E-state index is 0.115. The van der Waals surface area contributed by atoms with Gasteiger partial charge in [-0.1, -0.05) is 12.1 Å². The highest BCUT2D eigenvalue weighted by atomic mass is 127. The summed E-state index contributed by atoms with van der Waals surface area (Å²) in [5.41, 5.74) is -2.15. The summed E-state index contributed by atoms with van der Waals surface area (Å²) < 4.78 is 39.1. The van der Waals surface area contributed by atoms with Crippen molar-refractivity contribution in [3.63, 3.8) is 0 Å². The number of rotatable bonds is 1. The molecular weight excluding hydrogens is 442 g/mol. The lowest BCUT2D eigenvalue weighted by Crippen LogP contribution is -2.16. The molecule has 1 N–H and O–H groups in total. The van der Waals surface area contributed by atoms with E-state index in [4.69, 9.17) is 5.11 Å². The fourth-order valence-electron chi connectivity index (χ4n) is 1.61. The van der Waals surface area contributed by atoms with E-state index in [9.17, 15) is 18.0 Å². The number of carboxylic acids is 1. The number of benzene rings is 1. The Hall–Kier alpha value is -0.900. The highest BCUT2D eigenvalue weighted by Crippen LogP contribution is 2.38. The second-order valence-corrected chi connectivity index (χ2v) is 5.54.